The number of rotatable bonds is 5. The van der Waals surface area contributed by atoms with Crippen molar-refractivity contribution in [2.75, 3.05) is 20.8 Å². The minimum absolute atomic E-state index is 0.0130. The van der Waals surface area contributed by atoms with Crippen molar-refractivity contribution in [2.45, 2.75) is 19.8 Å². The molecule has 5 nitrogen and oxygen atoms in total. The van der Waals surface area contributed by atoms with Crippen LogP contribution in [0.2, 0.25) is 0 Å². The molecule has 0 aliphatic rings. The Morgan fingerprint density at radius 1 is 1.39 bits per heavy atom. The molecule has 18 heavy (non-hydrogen) atoms. The molecule has 0 heterocycles. The molecule has 5 heteroatoms. The Labute approximate surface area is 107 Å². The Kier molecular flexibility index (Phi) is 4.55. The molecule has 1 unspecified atom stereocenters. The molecule has 3 N–H and O–H groups in total. The summed E-state index contributed by atoms with van der Waals surface area (Å²) in [4.78, 5) is 11.3. The minimum atomic E-state index is -0.966. The fourth-order valence-electron chi connectivity index (χ4n) is 2.13. The van der Waals surface area contributed by atoms with Crippen LogP contribution in [-0.2, 0) is 4.79 Å². The van der Waals surface area contributed by atoms with Crippen LogP contribution >= 0.6 is 0 Å². The number of carbonyl (C=O) groups is 1. The molecule has 1 aromatic carbocycles. The lowest BCUT2D eigenvalue weighted by atomic mass is 9.91. The number of ether oxygens (including phenoxy) is 2. The fourth-order valence-corrected chi connectivity index (χ4v) is 2.13. The van der Waals surface area contributed by atoms with Gasteiger partial charge in [0.2, 0.25) is 0 Å². The van der Waals surface area contributed by atoms with Crippen molar-refractivity contribution in [1.29, 1.82) is 0 Å². The molecule has 0 saturated carbocycles. The summed E-state index contributed by atoms with van der Waals surface area (Å²) in [5, 5.41) is 9.25. The summed E-state index contributed by atoms with van der Waals surface area (Å²) in [6.45, 7) is 3.67. The van der Waals surface area contributed by atoms with E-state index in [1.807, 2.05) is 19.9 Å². The molecule has 1 aromatic rings. The third-order valence-electron chi connectivity index (χ3n) is 3.03. The van der Waals surface area contributed by atoms with Crippen molar-refractivity contribution in [2.24, 2.45) is 5.73 Å². The van der Waals surface area contributed by atoms with Crippen molar-refractivity contribution < 1.29 is 19.4 Å². The summed E-state index contributed by atoms with van der Waals surface area (Å²) in [5.74, 6) is -0.561. The minimum Gasteiger partial charge on any atom is -0.496 e. The maximum absolute atomic E-state index is 11.3. The second kappa shape index (κ2) is 5.73. The van der Waals surface area contributed by atoms with Gasteiger partial charge in [0.25, 0.3) is 0 Å². The predicted molar refractivity (Wildman–Crippen MR) is 68.5 cm³/mol. The van der Waals surface area contributed by atoms with E-state index in [2.05, 4.69) is 0 Å². The van der Waals surface area contributed by atoms with Crippen LogP contribution in [0, 0.1) is 13.8 Å². The van der Waals surface area contributed by atoms with Crippen LogP contribution in [0.5, 0.6) is 11.5 Å². The van der Waals surface area contributed by atoms with E-state index in [1.54, 1.807) is 7.11 Å². The molecule has 0 bridgehead atoms. The summed E-state index contributed by atoms with van der Waals surface area (Å²) < 4.78 is 10.6. The van der Waals surface area contributed by atoms with Crippen LogP contribution < -0.4 is 15.2 Å². The highest BCUT2D eigenvalue weighted by Gasteiger charge is 2.27. The monoisotopic (exact) mass is 253 g/mol. The van der Waals surface area contributed by atoms with Gasteiger partial charge in [0.05, 0.1) is 20.1 Å². The van der Waals surface area contributed by atoms with Gasteiger partial charge in [0.15, 0.2) is 0 Å². The summed E-state index contributed by atoms with van der Waals surface area (Å²) in [6, 6.07) is 1.83. The zero-order chi connectivity index (χ0) is 13.9. The predicted octanol–water partition coefficient (Wildman–Crippen LogP) is 1.45. The molecule has 0 aliphatic carbocycles. The molecule has 0 spiro atoms. The molecule has 0 aromatic heterocycles. The third kappa shape index (κ3) is 2.41. The Hall–Kier alpha value is -1.75. The normalized spacial score (nSPS) is 12.1. The van der Waals surface area contributed by atoms with Crippen LogP contribution in [-0.4, -0.2) is 31.8 Å². The van der Waals surface area contributed by atoms with Crippen molar-refractivity contribution >= 4 is 5.97 Å². The Morgan fingerprint density at radius 3 is 2.39 bits per heavy atom. The molecular formula is C13H19NO4. The van der Waals surface area contributed by atoms with Crippen molar-refractivity contribution in [3.63, 3.8) is 0 Å². The zero-order valence-corrected chi connectivity index (χ0v) is 11.1. The Bertz CT molecular complexity index is 457. The number of aryl methyl sites for hydroxylation is 1. The summed E-state index contributed by atoms with van der Waals surface area (Å²) >= 11 is 0. The molecule has 0 amide bonds. The number of benzene rings is 1. The van der Waals surface area contributed by atoms with Gasteiger partial charge in [0.1, 0.15) is 11.5 Å². The number of aliphatic carboxylic acids is 1. The first-order valence-electron chi connectivity index (χ1n) is 5.62. The average Bonchev–Trinajstić information content (AvgIpc) is 2.33. The fraction of sp³-hybridized carbons (Fsp3) is 0.462. The number of carboxylic acid groups (broad SMARTS) is 1. The lowest BCUT2D eigenvalue weighted by Crippen LogP contribution is -2.23. The molecule has 0 aliphatic heterocycles. The first-order valence-corrected chi connectivity index (χ1v) is 5.62. The third-order valence-corrected chi connectivity index (χ3v) is 3.03. The van der Waals surface area contributed by atoms with Crippen LogP contribution in [0.3, 0.4) is 0 Å². The van der Waals surface area contributed by atoms with Gasteiger partial charge in [-0.25, -0.2) is 0 Å². The maximum atomic E-state index is 11.3. The van der Waals surface area contributed by atoms with Gasteiger partial charge in [0, 0.05) is 12.1 Å². The molecule has 100 valence electrons. The lowest BCUT2D eigenvalue weighted by molar-refractivity contribution is -0.138. The highest BCUT2D eigenvalue weighted by atomic mass is 16.5. The molecule has 0 radical (unpaired) electrons. The first-order chi connectivity index (χ1) is 8.47. The van der Waals surface area contributed by atoms with E-state index in [1.165, 1.54) is 7.11 Å². The zero-order valence-electron chi connectivity index (χ0n) is 11.1. The van der Waals surface area contributed by atoms with E-state index in [0.29, 0.717) is 17.1 Å². The van der Waals surface area contributed by atoms with Crippen LogP contribution in [0.15, 0.2) is 6.07 Å². The van der Waals surface area contributed by atoms with Gasteiger partial charge in [-0.2, -0.15) is 0 Å². The number of hydrogen-bond donors (Lipinski definition) is 2. The lowest BCUT2D eigenvalue weighted by Gasteiger charge is -2.21. The maximum Gasteiger partial charge on any atom is 0.312 e. The van der Waals surface area contributed by atoms with E-state index >= 15 is 0 Å². The average molecular weight is 253 g/mol. The quantitative estimate of drug-likeness (QED) is 0.830. The molecule has 1 atom stereocenters. The van der Waals surface area contributed by atoms with Gasteiger partial charge in [-0.05, 0) is 31.0 Å². The number of hydrogen-bond acceptors (Lipinski definition) is 4. The van der Waals surface area contributed by atoms with E-state index in [0.717, 1.165) is 11.1 Å². The molecule has 1 rings (SSSR count). The highest BCUT2D eigenvalue weighted by molar-refractivity contribution is 5.79. The first kappa shape index (κ1) is 14.3. The molecular weight excluding hydrogens is 234 g/mol. The van der Waals surface area contributed by atoms with Crippen LogP contribution in [0.1, 0.15) is 22.6 Å². The van der Waals surface area contributed by atoms with Gasteiger partial charge in [-0.15, -0.1) is 0 Å². The van der Waals surface area contributed by atoms with Gasteiger partial charge in [-0.3, -0.25) is 4.79 Å². The molecule has 0 fully saturated rings. The van der Waals surface area contributed by atoms with Gasteiger partial charge in [-0.1, -0.05) is 0 Å². The van der Waals surface area contributed by atoms with E-state index in [-0.39, 0.29) is 6.54 Å². The number of nitrogens with two attached hydrogens (primary N) is 1. The highest BCUT2D eigenvalue weighted by Crippen LogP contribution is 2.38. The van der Waals surface area contributed by atoms with Gasteiger partial charge < -0.3 is 20.3 Å². The van der Waals surface area contributed by atoms with Crippen LogP contribution in [0.4, 0.5) is 0 Å². The summed E-state index contributed by atoms with van der Waals surface area (Å²) in [6.07, 6.45) is 0. The second-order valence-corrected chi connectivity index (χ2v) is 4.09. The van der Waals surface area contributed by atoms with E-state index in [9.17, 15) is 9.90 Å². The van der Waals surface area contributed by atoms with Gasteiger partial charge >= 0.3 is 5.97 Å². The van der Waals surface area contributed by atoms with E-state index in [4.69, 9.17) is 15.2 Å². The van der Waals surface area contributed by atoms with E-state index < -0.39 is 11.9 Å². The number of methoxy groups -OCH3 is 2. The largest absolute Gasteiger partial charge is 0.496 e. The summed E-state index contributed by atoms with van der Waals surface area (Å²) in [7, 11) is 3.07. The van der Waals surface area contributed by atoms with Crippen molar-refractivity contribution in [3.05, 3.63) is 22.8 Å². The smallest absolute Gasteiger partial charge is 0.312 e. The SMILES string of the molecule is COc1cc(C)c(OC)c(C(CN)C(=O)O)c1C. The van der Waals surface area contributed by atoms with Crippen LogP contribution in [0.25, 0.3) is 0 Å². The standard InChI is InChI=1S/C13H19NO4/c1-7-5-10(17-3)8(2)11(12(7)18-4)9(6-14)13(15)16/h5,9H,6,14H2,1-4H3,(H,15,16). The Morgan fingerprint density at radius 2 is 2.00 bits per heavy atom. The Balaban J connectivity index is 3.56. The van der Waals surface area contributed by atoms with Crippen molar-refractivity contribution in [3.8, 4) is 11.5 Å². The molecule has 0 saturated heterocycles. The number of carboxylic acids is 1. The summed E-state index contributed by atoms with van der Waals surface area (Å²) in [5.41, 5.74) is 7.73. The second-order valence-electron chi connectivity index (χ2n) is 4.09. The van der Waals surface area contributed by atoms with Crippen molar-refractivity contribution in [1.82, 2.24) is 0 Å². The topological polar surface area (TPSA) is 81.8 Å².